The van der Waals surface area contributed by atoms with Gasteiger partial charge in [0.05, 0.1) is 0 Å². The molecule has 0 aliphatic carbocycles. The fourth-order valence-corrected chi connectivity index (χ4v) is 2.69. The second-order valence-electron chi connectivity index (χ2n) is 5.69. The van der Waals surface area contributed by atoms with Gasteiger partial charge in [-0.25, -0.2) is 0 Å². The molecule has 102 valence electrons. The van der Waals surface area contributed by atoms with Crippen LogP contribution in [-0.4, -0.2) is 10.8 Å². The Morgan fingerprint density at radius 3 is 2.56 bits per heavy atom. The number of rotatable bonds is 5. The van der Waals surface area contributed by atoms with Crippen molar-refractivity contribution in [3.8, 4) is 0 Å². The predicted molar refractivity (Wildman–Crippen MR) is 83.7 cm³/mol. The van der Waals surface area contributed by atoms with Gasteiger partial charge in [0.1, 0.15) is 0 Å². The molecular weight excluding hydrogens is 262 g/mol. The molecule has 1 aromatic carbocycles. The zero-order valence-electron chi connectivity index (χ0n) is 12.0. The van der Waals surface area contributed by atoms with Gasteiger partial charge in [-0.05, 0) is 51.0 Å². The highest BCUT2D eigenvalue weighted by molar-refractivity contribution is 8.00. The Hall–Kier alpha value is -0.180. The molecule has 0 aliphatic rings. The molecule has 1 atom stereocenters. The lowest BCUT2D eigenvalue weighted by atomic mass is 10.1. The van der Waals surface area contributed by atoms with Crippen LogP contribution >= 0.6 is 23.4 Å². The molecule has 1 N–H and O–H groups in total. The maximum Gasteiger partial charge on any atom is 0.0410 e. The van der Waals surface area contributed by atoms with E-state index in [0.717, 1.165) is 11.6 Å². The molecule has 1 nitrogen and oxygen atoms in total. The van der Waals surface area contributed by atoms with Crippen molar-refractivity contribution < 1.29 is 0 Å². The van der Waals surface area contributed by atoms with Gasteiger partial charge in [-0.15, -0.1) is 11.8 Å². The van der Waals surface area contributed by atoms with Crippen molar-refractivity contribution in [1.82, 2.24) is 5.32 Å². The lowest BCUT2D eigenvalue weighted by molar-refractivity contribution is 0.422. The van der Waals surface area contributed by atoms with Gasteiger partial charge in [0.25, 0.3) is 0 Å². The number of nitrogens with one attached hydrogen (secondary N) is 1. The maximum absolute atomic E-state index is 6.10. The molecule has 0 spiro atoms. The van der Waals surface area contributed by atoms with Gasteiger partial charge < -0.3 is 5.32 Å². The summed E-state index contributed by atoms with van der Waals surface area (Å²) in [6, 6.07) is 6.19. The number of hydrogen-bond acceptors (Lipinski definition) is 2. The molecule has 0 saturated carbocycles. The molecule has 3 heteroatoms. The maximum atomic E-state index is 6.10. The molecule has 0 saturated heterocycles. The van der Waals surface area contributed by atoms with E-state index in [1.807, 2.05) is 17.8 Å². The van der Waals surface area contributed by atoms with Crippen LogP contribution < -0.4 is 5.32 Å². The highest BCUT2D eigenvalue weighted by atomic mass is 35.5. The summed E-state index contributed by atoms with van der Waals surface area (Å²) in [4.78, 5) is 1.34. The van der Waals surface area contributed by atoms with Gasteiger partial charge in [0, 0.05) is 27.3 Å². The summed E-state index contributed by atoms with van der Waals surface area (Å²) in [6.07, 6.45) is 1.18. The summed E-state index contributed by atoms with van der Waals surface area (Å²) in [7, 11) is 0. The second-order valence-corrected chi connectivity index (χ2v) is 7.61. The molecule has 0 radical (unpaired) electrons. The molecule has 18 heavy (non-hydrogen) atoms. The van der Waals surface area contributed by atoms with Crippen molar-refractivity contribution in [2.75, 3.05) is 0 Å². The van der Waals surface area contributed by atoms with Crippen molar-refractivity contribution in [3.05, 3.63) is 28.8 Å². The predicted octanol–water partition coefficient (Wildman–Crippen LogP) is 5.12. The van der Waals surface area contributed by atoms with E-state index in [4.69, 9.17) is 11.6 Å². The monoisotopic (exact) mass is 285 g/mol. The highest BCUT2D eigenvalue weighted by Gasteiger charge is 2.12. The highest BCUT2D eigenvalue weighted by Crippen LogP contribution is 2.30. The molecule has 0 heterocycles. The fourth-order valence-electron chi connectivity index (χ4n) is 1.46. The largest absolute Gasteiger partial charge is 0.308 e. The van der Waals surface area contributed by atoms with Crippen LogP contribution in [0.3, 0.4) is 0 Å². The minimum Gasteiger partial charge on any atom is -0.308 e. The normalized spacial score (nSPS) is 13.7. The first kappa shape index (κ1) is 15.9. The Balaban J connectivity index is 2.83. The van der Waals surface area contributed by atoms with Crippen molar-refractivity contribution in [2.45, 2.75) is 63.3 Å². The molecule has 0 aromatic heterocycles. The van der Waals surface area contributed by atoms with E-state index in [0.29, 0.717) is 5.25 Å². The average molecular weight is 286 g/mol. The first-order valence-corrected chi connectivity index (χ1v) is 7.77. The smallest absolute Gasteiger partial charge is 0.0410 e. The molecular formula is C15H24ClNS. The molecule has 0 aliphatic heterocycles. The lowest BCUT2D eigenvalue weighted by Crippen LogP contribution is -2.35. The summed E-state index contributed by atoms with van der Waals surface area (Å²) in [5.74, 6) is 0. The van der Waals surface area contributed by atoms with Gasteiger partial charge in [-0.2, -0.15) is 0 Å². The SMILES string of the molecule is CCC(C)Sc1ccc(Cl)cc1CNC(C)(C)C. The Bertz CT molecular complexity index is 385. The van der Waals surface area contributed by atoms with Crippen molar-refractivity contribution in [2.24, 2.45) is 0 Å². The third kappa shape index (κ3) is 5.64. The van der Waals surface area contributed by atoms with Gasteiger partial charge in [0.2, 0.25) is 0 Å². The van der Waals surface area contributed by atoms with E-state index >= 15 is 0 Å². The Morgan fingerprint density at radius 1 is 1.33 bits per heavy atom. The van der Waals surface area contributed by atoms with Crippen molar-refractivity contribution in [3.63, 3.8) is 0 Å². The number of thioether (sulfide) groups is 1. The minimum absolute atomic E-state index is 0.126. The van der Waals surface area contributed by atoms with Crippen LogP contribution in [0.4, 0.5) is 0 Å². The minimum atomic E-state index is 0.126. The zero-order valence-corrected chi connectivity index (χ0v) is 13.6. The Morgan fingerprint density at radius 2 is 2.00 bits per heavy atom. The standard InChI is InChI=1S/C15H24ClNS/c1-6-11(2)18-14-8-7-13(16)9-12(14)10-17-15(3,4)5/h7-9,11,17H,6,10H2,1-5H3. The lowest BCUT2D eigenvalue weighted by Gasteiger charge is -2.22. The van der Waals surface area contributed by atoms with E-state index in [1.165, 1.54) is 16.9 Å². The van der Waals surface area contributed by atoms with E-state index in [1.54, 1.807) is 0 Å². The molecule has 0 fully saturated rings. The van der Waals surface area contributed by atoms with Crippen LogP contribution in [-0.2, 0) is 6.54 Å². The van der Waals surface area contributed by atoms with Crippen LogP contribution in [0, 0.1) is 0 Å². The van der Waals surface area contributed by atoms with Gasteiger partial charge in [0.15, 0.2) is 0 Å². The average Bonchev–Trinajstić information content (AvgIpc) is 2.28. The Labute approximate surface area is 121 Å². The quantitative estimate of drug-likeness (QED) is 0.754. The summed E-state index contributed by atoms with van der Waals surface area (Å²) in [5, 5.41) is 4.98. The molecule has 0 amide bonds. The van der Waals surface area contributed by atoms with Crippen LogP contribution in [0.25, 0.3) is 0 Å². The zero-order chi connectivity index (χ0) is 13.8. The topological polar surface area (TPSA) is 12.0 Å². The van der Waals surface area contributed by atoms with Crippen LogP contribution in [0.2, 0.25) is 5.02 Å². The first-order chi connectivity index (χ1) is 8.31. The first-order valence-electron chi connectivity index (χ1n) is 6.52. The number of benzene rings is 1. The molecule has 1 unspecified atom stereocenters. The summed E-state index contributed by atoms with van der Waals surface area (Å²) in [6.45, 7) is 11.9. The third-order valence-corrected chi connectivity index (χ3v) is 4.36. The van der Waals surface area contributed by atoms with Crippen molar-refractivity contribution >= 4 is 23.4 Å². The third-order valence-electron chi connectivity index (χ3n) is 2.73. The van der Waals surface area contributed by atoms with Crippen molar-refractivity contribution in [1.29, 1.82) is 0 Å². The summed E-state index contributed by atoms with van der Waals surface area (Å²) < 4.78 is 0. The van der Waals surface area contributed by atoms with Crippen LogP contribution in [0.1, 0.15) is 46.6 Å². The van der Waals surface area contributed by atoms with E-state index in [2.05, 4.69) is 52.1 Å². The summed E-state index contributed by atoms with van der Waals surface area (Å²) >= 11 is 8.03. The van der Waals surface area contributed by atoms with Gasteiger partial charge in [-0.3, -0.25) is 0 Å². The number of halogens is 1. The fraction of sp³-hybridized carbons (Fsp3) is 0.600. The van der Waals surface area contributed by atoms with Gasteiger partial charge >= 0.3 is 0 Å². The van der Waals surface area contributed by atoms with Crippen LogP contribution in [0.15, 0.2) is 23.1 Å². The molecule has 1 rings (SSSR count). The van der Waals surface area contributed by atoms with Crippen LogP contribution in [0.5, 0.6) is 0 Å². The Kier molecular flexibility index (Phi) is 6.03. The molecule has 1 aromatic rings. The molecule has 0 bridgehead atoms. The van der Waals surface area contributed by atoms with E-state index in [9.17, 15) is 0 Å². The summed E-state index contributed by atoms with van der Waals surface area (Å²) in [5.41, 5.74) is 1.42. The van der Waals surface area contributed by atoms with E-state index in [-0.39, 0.29) is 5.54 Å². The number of hydrogen-bond donors (Lipinski definition) is 1. The van der Waals surface area contributed by atoms with Gasteiger partial charge in [-0.1, -0.05) is 25.4 Å². The second kappa shape index (κ2) is 6.83. The van der Waals surface area contributed by atoms with E-state index < -0.39 is 0 Å².